The Morgan fingerprint density at radius 3 is 2.67 bits per heavy atom. The van der Waals surface area contributed by atoms with Gasteiger partial charge in [0.1, 0.15) is 5.04 Å². The van der Waals surface area contributed by atoms with E-state index in [1.54, 1.807) is 0 Å². The molecule has 0 bridgehead atoms. The van der Waals surface area contributed by atoms with Gasteiger partial charge in [0.2, 0.25) is 9.84 Å². The van der Waals surface area contributed by atoms with E-state index in [1.165, 1.54) is 12.3 Å². The summed E-state index contributed by atoms with van der Waals surface area (Å²) in [4.78, 5) is 6.19. The van der Waals surface area contributed by atoms with Gasteiger partial charge in [0.15, 0.2) is 0 Å². The number of hydrogen-bond donors (Lipinski definition) is 0. The molecule has 0 aromatic rings. The third-order valence-corrected chi connectivity index (χ3v) is 3.99. The molecular weight excluding hydrogens is 216 g/mol. The average molecular weight is 230 g/mol. The molecule has 0 spiro atoms. The van der Waals surface area contributed by atoms with E-state index in [1.807, 2.05) is 0 Å². The van der Waals surface area contributed by atoms with Crippen LogP contribution in [0.3, 0.4) is 0 Å². The second-order valence-corrected chi connectivity index (χ2v) is 5.59. The van der Waals surface area contributed by atoms with Gasteiger partial charge in [-0.05, 0) is 6.92 Å². The molecule has 2 heterocycles. The van der Waals surface area contributed by atoms with E-state index in [0.29, 0.717) is 25.5 Å². The highest BCUT2D eigenvalue weighted by Crippen LogP contribution is 2.15. The monoisotopic (exact) mass is 230 g/mol. The van der Waals surface area contributed by atoms with Crippen molar-refractivity contribution in [3.63, 3.8) is 0 Å². The van der Waals surface area contributed by atoms with E-state index in [0.717, 1.165) is 13.1 Å². The fourth-order valence-electron chi connectivity index (χ4n) is 1.62. The van der Waals surface area contributed by atoms with Crippen LogP contribution in [-0.2, 0) is 14.6 Å². The first-order chi connectivity index (χ1) is 7.08. The number of hydrogen-bond acceptors (Lipinski definition) is 5. The Morgan fingerprint density at radius 1 is 1.47 bits per heavy atom. The molecule has 0 aliphatic carbocycles. The highest BCUT2D eigenvalue weighted by atomic mass is 32.2. The molecule has 0 amide bonds. The molecule has 2 aliphatic rings. The Bertz CT molecular complexity index is 405. The van der Waals surface area contributed by atoms with Gasteiger partial charge in [0.05, 0.1) is 24.3 Å². The fourth-order valence-corrected chi connectivity index (χ4v) is 2.52. The highest BCUT2D eigenvalue weighted by molar-refractivity contribution is 8.09. The van der Waals surface area contributed by atoms with Crippen LogP contribution in [0.25, 0.3) is 0 Å². The lowest BCUT2D eigenvalue weighted by atomic mass is 10.4. The topological polar surface area (TPSA) is 59.0 Å². The Balaban J connectivity index is 2.02. The summed E-state index contributed by atoms with van der Waals surface area (Å²) in [6.45, 7) is 5.22. The normalized spacial score (nSPS) is 26.2. The zero-order chi connectivity index (χ0) is 10.9. The first kappa shape index (κ1) is 10.8. The molecule has 2 rings (SSSR count). The van der Waals surface area contributed by atoms with Crippen LogP contribution in [-0.4, -0.2) is 51.2 Å². The molecule has 5 nitrogen and oxygen atoms in total. The van der Waals surface area contributed by atoms with Gasteiger partial charge in [-0.3, -0.25) is 4.90 Å². The van der Waals surface area contributed by atoms with Gasteiger partial charge in [0, 0.05) is 19.6 Å². The number of rotatable bonds is 2. The van der Waals surface area contributed by atoms with Crippen LogP contribution in [0, 0.1) is 0 Å². The number of morpholine rings is 1. The van der Waals surface area contributed by atoms with Crippen molar-refractivity contribution in [3.8, 4) is 0 Å². The maximum atomic E-state index is 11.4. The summed E-state index contributed by atoms with van der Waals surface area (Å²) in [5.74, 6) is 0. The van der Waals surface area contributed by atoms with Crippen LogP contribution in [0.5, 0.6) is 0 Å². The van der Waals surface area contributed by atoms with Crippen molar-refractivity contribution in [2.24, 2.45) is 4.99 Å². The van der Waals surface area contributed by atoms with Crippen LogP contribution < -0.4 is 0 Å². The second-order valence-electron chi connectivity index (χ2n) is 3.67. The van der Waals surface area contributed by atoms with Crippen molar-refractivity contribution < 1.29 is 13.2 Å². The summed E-state index contributed by atoms with van der Waals surface area (Å²) in [6, 6.07) is 0. The number of sulfone groups is 1. The summed E-state index contributed by atoms with van der Waals surface area (Å²) >= 11 is 0. The van der Waals surface area contributed by atoms with E-state index < -0.39 is 9.84 Å². The number of nitrogens with zero attached hydrogens (tertiary/aromatic N) is 2. The van der Waals surface area contributed by atoms with Crippen molar-refractivity contribution >= 4 is 14.9 Å². The molecule has 0 saturated carbocycles. The van der Waals surface area contributed by atoms with Crippen molar-refractivity contribution in [3.05, 3.63) is 11.1 Å². The third kappa shape index (κ3) is 2.45. The van der Waals surface area contributed by atoms with Gasteiger partial charge in [0.25, 0.3) is 0 Å². The smallest absolute Gasteiger partial charge is 0.214 e. The van der Waals surface area contributed by atoms with Crippen LogP contribution in [0.15, 0.2) is 16.1 Å². The number of ether oxygens (including phenoxy) is 1. The van der Waals surface area contributed by atoms with Crippen molar-refractivity contribution in [2.75, 3.05) is 32.8 Å². The molecule has 84 valence electrons. The Labute approximate surface area is 89.4 Å². The number of aliphatic imine (C=N–C) groups is 1. The highest BCUT2D eigenvalue weighted by Gasteiger charge is 2.22. The van der Waals surface area contributed by atoms with E-state index in [4.69, 9.17) is 4.74 Å². The first-order valence-corrected chi connectivity index (χ1v) is 6.43. The summed E-state index contributed by atoms with van der Waals surface area (Å²) in [5.41, 5.74) is 0.634. The van der Waals surface area contributed by atoms with Gasteiger partial charge in [-0.2, -0.15) is 0 Å². The summed E-state index contributed by atoms with van der Waals surface area (Å²) in [6.07, 6.45) is 0. The Hall–Kier alpha value is -0.720. The maximum Gasteiger partial charge on any atom is 0.214 e. The fraction of sp³-hybridized carbons (Fsp3) is 0.667. The lowest BCUT2D eigenvalue weighted by Crippen LogP contribution is -2.37. The maximum absolute atomic E-state index is 11.4. The van der Waals surface area contributed by atoms with Crippen LogP contribution >= 0.6 is 0 Å². The standard InChI is InChI=1S/C9H14N2O3S/c1-8-10-9(7-15(8,12)13)6-11-2-4-14-5-3-11/h7H,2-6H2,1H3. The predicted octanol–water partition coefficient (Wildman–Crippen LogP) is 0.00680. The Kier molecular flexibility index (Phi) is 2.90. The molecule has 1 fully saturated rings. The molecule has 1 saturated heterocycles. The Morgan fingerprint density at radius 2 is 2.13 bits per heavy atom. The minimum atomic E-state index is -3.19. The molecule has 0 atom stereocenters. The van der Waals surface area contributed by atoms with Crippen molar-refractivity contribution in [1.29, 1.82) is 0 Å². The van der Waals surface area contributed by atoms with Crippen LogP contribution in [0.2, 0.25) is 0 Å². The molecule has 0 aromatic carbocycles. The van der Waals surface area contributed by atoms with Crippen LogP contribution in [0.4, 0.5) is 0 Å². The molecule has 6 heteroatoms. The van der Waals surface area contributed by atoms with Gasteiger partial charge >= 0.3 is 0 Å². The van der Waals surface area contributed by atoms with Crippen molar-refractivity contribution in [1.82, 2.24) is 4.90 Å². The van der Waals surface area contributed by atoms with Gasteiger partial charge in [-0.15, -0.1) is 0 Å². The van der Waals surface area contributed by atoms with E-state index >= 15 is 0 Å². The van der Waals surface area contributed by atoms with E-state index in [9.17, 15) is 8.42 Å². The first-order valence-electron chi connectivity index (χ1n) is 4.89. The van der Waals surface area contributed by atoms with E-state index in [-0.39, 0.29) is 5.04 Å². The summed E-state index contributed by atoms with van der Waals surface area (Å²) in [5, 5.41) is 1.46. The van der Waals surface area contributed by atoms with E-state index in [2.05, 4.69) is 9.89 Å². The molecule has 0 radical (unpaired) electrons. The van der Waals surface area contributed by atoms with Gasteiger partial charge < -0.3 is 4.74 Å². The second kappa shape index (κ2) is 4.03. The molecule has 0 aromatic heterocycles. The van der Waals surface area contributed by atoms with Gasteiger partial charge in [-0.1, -0.05) is 0 Å². The minimum Gasteiger partial charge on any atom is -0.379 e. The third-order valence-electron chi connectivity index (χ3n) is 2.49. The predicted molar refractivity (Wildman–Crippen MR) is 57.4 cm³/mol. The van der Waals surface area contributed by atoms with Gasteiger partial charge in [-0.25, -0.2) is 13.4 Å². The molecule has 2 aliphatic heterocycles. The molecule has 0 unspecified atom stereocenters. The largest absolute Gasteiger partial charge is 0.379 e. The zero-order valence-corrected chi connectivity index (χ0v) is 9.46. The quantitative estimate of drug-likeness (QED) is 0.670. The summed E-state index contributed by atoms with van der Waals surface area (Å²) in [7, 11) is -3.19. The molecule has 0 N–H and O–H groups in total. The lowest BCUT2D eigenvalue weighted by Gasteiger charge is -2.25. The summed E-state index contributed by atoms with van der Waals surface area (Å²) < 4.78 is 27.9. The van der Waals surface area contributed by atoms with Crippen LogP contribution in [0.1, 0.15) is 6.92 Å². The molecular formula is C9H14N2O3S. The zero-order valence-electron chi connectivity index (χ0n) is 8.64. The SMILES string of the molecule is CC1=NC(CN2CCOCC2)=CS1(=O)=O. The van der Waals surface area contributed by atoms with Crippen molar-refractivity contribution in [2.45, 2.75) is 6.92 Å². The lowest BCUT2D eigenvalue weighted by molar-refractivity contribution is 0.0422. The average Bonchev–Trinajstić information content (AvgIpc) is 2.42. The minimum absolute atomic E-state index is 0.200. The molecule has 15 heavy (non-hydrogen) atoms.